The lowest BCUT2D eigenvalue weighted by molar-refractivity contribution is -0.147. The van der Waals surface area contributed by atoms with Crippen molar-refractivity contribution in [1.29, 1.82) is 0 Å². The molecule has 128 valence electrons. The van der Waals surface area contributed by atoms with Crippen molar-refractivity contribution in [1.82, 2.24) is 10.3 Å². The molecule has 0 saturated heterocycles. The SMILES string of the molecule is COC(=O)CCCNC(=O)COC(=O)Cc1c[nH]c2ccccc12. The smallest absolute Gasteiger partial charge is 0.310 e. The molecule has 0 radical (unpaired) electrons. The van der Waals surface area contributed by atoms with Gasteiger partial charge in [-0.2, -0.15) is 0 Å². The van der Waals surface area contributed by atoms with Gasteiger partial charge in [0.1, 0.15) is 0 Å². The van der Waals surface area contributed by atoms with E-state index < -0.39 is 11.9 Å². The molecule has 1 amide bonds. The van der Waals surface area contributed by atoms with Crippen molar-refractivity contribution in [3.63, 3.8) is 0 Å². The van der Waals surface area contributed by atoms with Crippen LogP contribution < -0.4 is 5.32 Å². The molecule has 1 aromatic heterocycles. The monoisotopic (exact) mass is 332 g/mol. The average molecular weight is 332 g/mol. The first-order chi connectivity index (χ1) is 11.6. The lowest BCUT2D eigenvalue weighted by atomic mass is 10.1. The van der Waals surface area contributed by atoms with Gasteiger partial charge in [-0.15, -0.1) is 0 Å². The summed E-state index contributed by atoms with van der Waals surface area (Å²) in [6.45, 7) is -0.00660. The van der Waals surface area contributed by atoms with E-state index in [1.54, 1.807) is 6.20 Å². The molecule has 2 rings (SSSR count). The second-order valence-electron chi connectivity index (χ2n) is 5.23. The standard InChI is InChI=1S/C17H20N2O5/c1-23-16(21)7-4-8-18-15(20)11-24-17(22)9-12-10-19-14-6-3-2-5-13(12)14/h2-3,5-6,10,19H,4,7-9,11H2,1H3,(H,18,20). The molecule has 0 spiro atoms. The molecule has 0 aliphatic carbocycles. The molecule has 0 bridgehead atoms. The number of benzene rings is 1. The number of esters is 2. The number of hydrogen-bond acceptors (Lipinski definition) is 5. The Morgan fingerprint density at radius 1 is 1.17 bits per heavy atom. The normalized spacial score (nSPS) is 10.4. The Balaban J connectivity index is 1.69. The molecular formula is C17H20N2O5. The van der Waals surface area contributed by atoms with Crippen molar-refractivity contribution in [2.75, 3.05) is 20.3 Å². The fraction of sp³-hybridized carbons (Fsp3) is 0.353. The highest BCUT2D eigenvalue weighted by Crippen LogP contribution is 2.18. The third kappa shape index (κ3) is 5.12. The number of para-hydroxylation sites is 1. The van der Waals surface area contributed by atoms with Crippen LogP contribution in [0.2, 0.25) is 0 Å². The lowest BCUT2D eigenvalue weighted by Crippen LogP contribution is -2.30. The minimum Gasteiger partial charge on any atom is -0.469 e. The van der Waals surface area contributed by atoms with Crippen LogP contribution in [0.25, 0.3) is 10.9 Å². The number of fused-ring (bicyclic) bond motifs is 1. The first-order valence-corrected chi connectivity index (χ1v) is 7.64. The minimum absolute atomic E-state index is 0.0969. The summed E-state index contributed by atoms with van der Waals surface area (Å²) in [7, 11) is 1.31. The van der Waals surface area contributed by atoms with E-state index in [1.807, 2.05) is 24.3 Å². The number of hydrogen-bond donors (Lipinski definition) is 2. The Bertz CT molecular complexity index is 723. The number of aromatic nitrogens is 1. The second-order valence-corrected chi connectivity index (χ2v) is 5.23. The highest BCUT2D eigenvalue weighted by Gasteiger charge is 2.11. The van der Waals surface area contributed by atoms with Crippen molar-refractivity contribution in [2.24, 2.45) is 0 Å². The molecular weight excluding hydrogens is 312 g/mol. The summed E-state index contributed by atoms with van der Waals surface area (Å²) < 4.78 is 9.46. The van der Waals surface area contributed by atoms with E-state index in [1.165, 1.54) is 7.11 Å². The number of ether oxygens (including phenoxy) is 2. The highest BCUT2D eigenvalue weighted by molar-refractivity contribution is 5.88. The van der Waals surface area contributed by atoms with Gasteiger partial charge in [0.05, 0.1) is 13.5 Å². The molecule has 0 atom stereocenters. The van der Waals surface area contributed by atoms with Crippen LogP contribution >= 0.6 is 0 Å². The number of carbonyl (C=O) groups is 3. The molecule has 0 saturated carbocycles. The van der Waals surface area contributed by atoms with Crippen LogP contribution in [0.3, 0.4) is 0 Å². The summed E-state index contributed by atoms with van der Waals surface area (Å²) in [5.41, 5.74) is 1.78. The van der Waals surface area contributed by atoms with E-state index in [2.05, 4.69) is 15.0 Å². The van der Waals surface area contributed by atoms with Gasteiger partial charge in [-0.3, -0.25) is 14.4 Å². The molecule has 0 aliphatic heterocycles. The highest BCUT2D eigenvalue weighted by atomic mass is 16.5. The van der Waals surface area contributed by atoms with Crippen molar-refractivity contribution in [3.8, 4) is 0 Å². The Hall–Kier alpha value is -2.83. The average Bonchev–Trinajstić information content (AvgIpc) is 2.99. The summed E-state index contributed by atoms with van der Waals surface area (Å²) in [5.74, 6) is -1.19. The first kappa shape index (κ1) is 17.5. The third-order valence-corrected chi connectivity index (χ3v) is 3.48. The van der Waals surface area contributed by atoms with E-state index in [9.17, 15) is 14.4 Å². The number of H-pyrrole nitrogens is 1. The first-order valence-electron chi connectivity index (χ1n) is 7.64. The molecule has 7 heteroatoms. The number of carbonyl (C=O) groups excluding carboxylic acids is 3. The van der Waals surface area contributed by atoms with Crippen LogP contribution in [0.15, 0.2) is 30.5 Å². The van der Waals surface area contributed by atoms with Crippen molar-refractivity contribution in [3.05, 3.63) is 36.0 Å². The summed E-state index contributed by atoms with van der Waals surface area (Å²) in [6.07, 6.45) is 2.57. The molecule has 24 heavy (non-hydrogen) atoms. The zero-order valence-corrected chi connectivity index (χ0v) is 13.5. The van der Waals surface area contributed by atoms with Gasteiger partial charge >= 0.3 is 11.9 Å². The van der Waals surface area contributed by atoms with Crippen molar-refractivity contribution < 1.29 is 23.9 Å². The Morgan fingerprint density at radius 2 is 1.96 bits per heavy atom. The van der Waals surface area contributed by atoms with Gasteiger partial charge in [-0.25, -0.2) is 0 Å². The van der Waals surface area contributed by atoms with Crippen LogP contribution in [0.5, 0.6) is 0 Å². The van der Waals surface area contributed by atoms with Gasteiger partial charge in [0.15, 0.2) is 6.61 Å². The summed E-state index contributed by atoms with van der Waals surface area (Å²) >= 11 is 0. The Morgan fingerprint density at radius 3 is 2.75 bits per heavy atom. The maximum Gasteiger partial charge on any atom is 0.310 e. The molecule has 7 nitrogen and oxygen atoms in total. The largest absolute Gasteiger partial charge is 0.469 e. The Labute approximate surface area is 139 Å². The van der Waals surface area contributed by atoms with Gasteiger partial charge in [0.2, 0.25) is 0 Å². The van der Waals surface area contributed by atoms with Crippen LogP contribution in [0, 0.1) is 0 Å². The zero-order valence-electron chi connectivity index (χ0n) is 13.5. The quantitative estimate of drug-likeness (QED) is 0.561. The Kier molecular flexibility index (Phi) is 6.36. The number of amides is 1. The number of nitrogens with one attached hydrogen (secondary N) is 2. The predicted octanol–water partition coefficient (Wildman–Crippen LogP) is 1.32. The molecule has 0 aliphatic rings. The van der Waals surface area contributed by atoms with E-state index in [0.29, 0.717) is 13.0 Å². The second kappa shape index (κ2) is 8.71. The maximum absolute atomic E-state index is 11.8. The third-order valence-electron chi connectivity index (χ3n) is 3.48. The summed E-state index contributed by atoms with van der Waals surface area (Å²) in [6, 6.07) is 7.65. The van der Waals surface area contributed by atoms with Gasteiger partial charge < -0.3 is 19.8 Å². The number of aromatic amines is 1. The molecule has 1 heterocycles. The topological polar surface area (TPSA) is 97.5 Å². The molecule has 2 N–H and O–H groups in total. The van der Waals surface area contributed by atoms with Crippen LogP contribution in [0.4, 0.5) is 0 Å². The summed E-state index contributed by atoms with van der Waals surface area (Å²) in [5, 5.41) is 3.54. The molecule has 0 fully saturated rings. The van der Waals surface area contributed by atoms with Gasteiger partial charge in [0.25, 0.3) is 5.91 Å². The molecule has 0 unspecified atom stereocenters. The van der Waals surface area contributed by atoms with Crippen molar-refractivity contribution in [2.45, 2.75) is 19.3 Å². The predicted molar refractivity (Wildman–Crippen MR) is 87.2 cm³/mol. The number of rotatable bonds is 8. The van der Waals surface area contributed by atoms with Gasteiger partial charge in [-0.1, -0.05) is 18.2 Å². The van der Waals surface area contributed by atoms with E-state index in [0.717, 1.165) is 16.5 Å². The molecule has 1 aromatic carbocycles. The summed E-state index contributed by atoms with van der Waals surface area (Å²) in [4.78, 5) is 37.4. The fourth-order valence-electron chi connectivity index (χ4n) is 2.24. The number of methoxy groups -OCH3 is 1. The van der Waals surface area contributed by atoms with Crippen LogP contribution in [-0.4, -0.2) is 43.1 Å². The van der Waals surface area contributed by atoms with Crippen molar-refractivity contribution >= 4 is 28.7 Å². The van der Waals surface area contributed by atoms with E-state index in [4.69, 9.17) is 4.74 Å². The lowest BCUT2D eigenvalue weighted by Gasteiger charge is -2.06. The van der Waals surface area contributed by atoms with Crippen LogP contribution in [0.1, 0.15) is 18.4 Å². The van der Waals surface area contributed by atoms with E-state index >= 15 is 0 Å². The van der Waals surface area contributed by atoms with E-state index in [-0.39, 0.29) is 25.4 Å². The van der Waals surface area contributed by atoms with Gasteiger partial charge in [-0.05, 0) is 18.1 Å². The minimum atomic E-state index is -0.468. The maximum atomic E-state index is 11.8. The fourth-order valence-corrected chi connectivity index (χ4v) is 2.24. The van der Waals surface area contributed by atoms with Crippen LogP contribution in [-0.2, 0) is 30.3 Å². The zero-order chi connectivity index (χ0) is 17.4. The van der Waals surface area contributed by atoms with Gasteiger partial charge in [0, 0.05) is 30.1 Å². The molecule has 2 aromatic rings.